The van der Waals surface area contributed by atoms with E-state index in [9.17, 15) is 0 Å². The SMILES string of the molecule is CC(C)CC1NCN(c2ccc(C#N)cc2)CN1N. The van der Waals surface area contributed by atoms with E-state index in [0.29, 0.717) is 18.2 Å². The third-order valence-corrected chi connectivity index (χ3v) is 3.31. The number of nitriles is 1. The topological polar surface area (TPSA) is 68.3 Å². The van der Waals surface area contributed by atoms with Crippen LogP contribution in [0.3, 0.4) is 0 Å². The monoisotopic (exact) mass is 259 g/mol. The molecule has 3 N–H and O–H groups in total. The molecule has 1 heterocycles. The summed E-state index contributed by atoms with van der Waals surface area (Å²) >= 11 is 0. The fraction of sp³-hybridized carbons (Fsp3) is 0.500. The average Bonchev–Trinajstić information content (AvgIpc) is 2.41. The van der Waals surface area contributed by atoms with Gasteiger partial charge in [-0.3, -0.25) is 11.2 Å². The van der Waals surface area contributed by atoms with E-state index in [2.05, 4.69) is 30.1 Å². The number of hydrazine groups is 1. The molecule has 0 aliphatic carbocycles. The lowest BCUT2D eigenvalue weighted by molar-refractivity contribution is 0.115. The van der Waals surface area contributed by atoms with Crippen molar-refractivity contribution in [2.75, 3.05) is 18.2 Å². The molecule has 5 nitrogen and oxygen atoms in total. The maximum atomic E-state index is 8.80. The zero-order valence-electron chi connectivity index (χ0n) is 11.5. The van der Waals surface area contributed by atoms with Gasteiger partial charge in [-0.1, -0.05) is 13.8 Å². The smallest absolute Gasteiger partial charge is 0.0991 e. The van der Waals surface area contributed by atoms with Gasteiger partial charge in [0.05, 0.1) is 31.1 Å². The summed E-state index contributed by atoms with van der Waals surface area (Å²) in [6.07, 6.45) is 1.27. The Balaban J connectivity index is 1.99. The highest BCUT2D eigenvalue weighted by atomic mass is 15.6. The van der Waals surface area contributed by atoms with Crippen molar-refractivity contribution in [1.29, 1.82) is 5.26 Å². The summed E-state index contributed by atoms with van der Waals surface area (Å²) in [5.74, 6) is 6.70. The molecule has 1 aliphatic heterocycles. The van der Waals surface area contributed by atoms with Gasteiger partial charge in [0.1, 0.15) is 0 Å². The number of anilines is 1. The highest BCUT2D eigenvalue weighted by Gasteiger charge is 2.24. The average molecular weight is 259 g/mol. The molecule has 0 radical (unpaired) electrons. The lowest BCUT2D eigenvalue weighted by atomic mass is 10.1. The minimum atomic E-state index is 0.231. The van der Waals surface area contributed by atoms with Crippen molar-refractivity contribution < 1.29 is 0 Å². The first-order valence-electron chi connectivity index (χ1n) is 6.60. The first-order valence-corrected chi connectivity index (χ1v) is 6.60. The predicted molar refractivity (Wildman–Crippen MR) is 75.8 cm³/mol. The van der Waals surface area contributed by atoms with Gasteiger partial charge < -0.3 is 4.90 Å². The molecule has 0 bridgehead atoms. The van der Waals surface area contributed by atoms with E-state index >= 15 is 0 Å². The van der Waals surface area contributed by atoms with Crippen molar-refractivity contribution in [3.63, 3.8) is 0 Å². The number of nitrogens with two attached hydrogens (primary N) is 1. The minimum Gasteiger partial charge on any atom is -0.344 e. The van der Waals surface area contributed by atoms with Gasteiger partial charge in [-0.25, -0.2) is 5.01 Å². The summed E-state index contributed by atoms with van der Waals surface area (Å²) in [6.45, 7) is 5.86. The fourth-order valence-electron chi connectivity index (χ4n) is 2.26. The Hall–Kier alpha value is -1.61. The normalized spacial score (nSPS) is 20.6. The highest BCUT2D eigenvalue weighted by Crippen LogP contribution is 2.18. The maximum absolute atomic E-state index is 8.80. The van der Waals surface area contributed by atoms with E-state index < -0.39 is 0 Å². The summed E-state index contributed by atoms with van der Waals surface area (Å²) < 4.78 is 0. The molecule has 1 fully saturated rings. The van der Waals surface area contributed by atoms with E-state index in [1.807, 2.05) is 29.3 Å². The van der Waals surface area contributed by atoms with Crippen LogP contribution in [0.15, 0.2) is 24.3 Å². The summed E-state index contributed by atoms with van der Waals surface area (Å²) in [5, 5.41) is 14.1. The lowest BCUT2D eigenvalue weighted by Gasteiger charge is -2.41. The van der Waals surface area contributed by atoms with Gasteiger partial charge in [-0.05, 0) is 36.6 Å². The van der Waals surface area contributed by atoms with Crippen molar-refractivity contribution in [2.24, 2.45) is 11.8 Å². The molecule has 5 heteroatoms. The van der Waals surface area contributed by atoms with Crippen molar-refractivity contribution in [3.8, 4) is 6.07 Å². The zero-order valence-corrected chi connectivity index (χ0v) is 11.5. The van der Waals surface area contributed by atoms with Crippen LogP contribution in [-0.4, -0.2) is 24.5 Å². The molecule has 102 valence electrons. The third kappa shape index (κ3) is 3.44. The van der Waals surface area contributed by atoms with Crippen LogP contribution in [-0.2, 0) is 0 Å². The van der Waals surface area contributed by atoms with Crippen molar-refractivity contribution in [1.82, 2.24) is 10.3 Å². The Kier molecular flexibility index (Phi) is 4.38. The van der Waals surface area contributed by atoms with Gasteiger partial charge in [0.25, 0.3) is 0 Å². The summed E-state index contributed by atoms with van der Waals surface area (Å²) in [7, 11) is 0. The van der Waals surface area contributed by atoms with Gasteiger partial charge in [0.2, 0.25) is 0 Å². The Morgan fingerprint density at radius 3 is 2.63 bits per heavy atom. The van der Waals surface area contributed by atoms with E-state index in [0.717, 1.165) is 18.8 Å². The van der Waals surface area contributed by atoms with Gasteiger partial charge in [0, 0.05) is 5.69 Å². The van der Waals surface area contributed by atoms with Crippen molar-refractivity contribution >= 4 is 5.69 Å². The molecule has 19 heavy (non-hydrogen) atoms. The van der Waals surface area contributed by atoms with Gasteiger partial charge in [-0.2, -0.15) is 5.26 Å². The van der Waals surface area contributed by atoms with Crippen LogP contribution < -0.4 is 16.1 Å². The van der Waals surface area contributed by atoms with E-state index in [1.165, 1.54) is 0 Å². The van der Waals surface area contributed by atoms with Gasteiger partial charge in [0.15, 0.2) is 0 Å². The molecule has 1 aliphatic rings. The number of hydrogen-bond acceptors (Lipinski definition) is 5. The molecule has 0 saturated carbocycles. The maximum Gasteiger partial charge on any atom is 0.0991 e. The van der Waals surface area contributed by atoms with Crippen molar-refractivity contribution in [3.05, 3.63) is 29.8 Å². The van der Waals surface area contributed by atoms with E-state index in [1.54, 1.807) is 0 Å². The number of rotatable bonds is 3. The van der Waals surface area contributed by atoms with Crippen LogP contribution >= 0.6 is 0 Å². The number of hydrogen-bond donors (Lipinski definition) is 2. The van der Waals surface area contributed by atoms with Crippen LogP contribution in [0.4, 0.5) is 5.69 Å². The number of benzene rings is 1. The Labute approximate surface area is 114 Å². The standard InChI is InChI=1S/C14H21N5/c1-11(2)7-14-17-9-18(10-19(14)16)13-5-3-12(8-15)4-6-13/h3-6,11,14,17H,7,9-10,16H2,1-2H3. The van der Waals surface area contributed by atoms with Crippen molar-refractivity contribution in [2.45, 2.75) is 26.4 Å². The first kappa shape index (κ1) is 13.8. The summed E-state index contributed by atoms with van der Waals surface area (Å²) in [6, 6.07) is 9.70. The molecular formula is C14H21N5. The largest absolute Gasteiger partial charge is 0.344 e. The molecule has 1 unspecified atom stereocenters. The second-order valence-electron chi connectivity index (χ2n) is 5.36. The Bertz CT molecular complexity index is 448. The lowest BCUT2D eigenvalue weighted by Crippen LogP contribution is -2.62. The zero-order chi connectivity index (χ0) is 13.8. The number of nitrogens with zero attached hydrogens (tertiary/aromatic N) is 3. The van der Waals surface area contributed by atoms with Crippen LogP contribution in [0.25, 0.3) is 0 Å². The molecule has 1 aromatic carbocycles. The van der Waals surface area contributed by atoms with Gasteiger partial charge >= 0.3 is 0 Å². The van der Waals surface area contributed by atoms with E-state index in [4.69, 9.17) is 11.1 Å². The molecule has 1 aromatic rings. The molecule has 1 saturated heterocycles. The van der Waals surface area contributed by atoms with Crippen LogP contribution in [0.5, 0.6) is 0 Å². The molecule has 2 rings (SSSR count). The third-order valence-electron chi connectivity index (χ3n) is 3.31. The second-order valence-corrected chi connectivity index (χ2v) is 5.36. The number of nitrogens with one attached hydrogen (secondary N) is 1. The van der Waals surface area contributed by atoms with E-state index in [-0.39, 0.29) is 6.17 Å². The van der Waals surface area contributed by atoms with Crippen LogP contribution in [0.2, 0.25) is 0 Å². The molecule has 0 aromatic heterocycles. The molecular weight excluding hydrogens is 238 g/mol. The Morgan fingerprint density at radius 2 is 2.11 bits per heavy atom. The first-order chi connectivity index (χ1) is 9.10. The summed E-state index contributed by atoms with van der Waals surface area (Å²) in [4.78, 5) is 2.15. The van der Waals surface area contributed by atoms with Gasteiger partial charge in [-0.15, -0.1) is 0 Å². The Morgan fingerprint density at radius 1 is 1.42 bits per heavy atom. The fourth-order valence-corrected chi connectivity index (χ4v) is 2.26. The summed E-state index contributed by atoms with van der Waals surface area (Å²) in [5.41, 5.74) is 1.75. The predicted octanol–water partition coefficient (Wildman–Crippen LogP) is 1.43. The molecule has 0 amide bonds. The molecule has 1 atom stereocenters. The van der Waals surface area contributed by atoms with Crippen LogP contribution in [0, 0.1) is 17.2 Å². The quantitative estimate of drug-likeness (QED) is 0.804. The molecule has 0 spiro atoms. The van der Waals surface area contributed by atoms with Crippen LogP contribution in [0.1, 0.15) is 25.8 Å². The second kappa shape index (κ2) is 6.02. The highest BCUT2D eigenvalue weighted by molar-refractivity contribution is 5.49. The minimum absolute atomic E-state index is 0.231.